The van der Waals surface area contributed by atoms with Crippen LogP contribution < -0.4 is 0 Å². The van der Waals surface area contributed by atoms with Gasteiger partial charge in [-0.1, -0.05) is 34.1 Å². The second kappa shape index (κ2) is 6.92. The Balaban J connectivity index is 1.64. The predicted molar refractivity (Wildman–Crippen MR) is 105 cm³/mol. The maximum absolute atomic E-state index is 13.1. The van der Waals surface area contributed by atoms with Crippen LogP contribution in [0.4, 0.5) is 0 Å². The van der Waals surface area contributed by atoms with Gasteiger partial charge in [-0.3, -0.25) is 0 Å². The number of hydrogen-bond donors (Lipinski definition) is 0. The zero-order valence-electron chi connectivity index (χ0n) is 13.1. The van der Waals surface area contributed by atoms with Crippen molar-refractivity contribution in [1.29, 1.82) is 0 Å². The summed E-state index contributed by atoms with van der Waals surface area (Å²) in [5, 5.41) is 4.50. The second-order valence-electron chi connectivity index (χ2n) is 5.86. The lowest BCUT2D eigenvalue weighted by molar-refractivity contribution is 0.400. The second-order valence-corrected chi connectivity index (χ2v) is 10.5. The van der Waals surface area contributed by atoms with Crippen LogP contribution in [0.2, 0.25) is 0 Å². The molecule has 3 aromatic rings. The van der Waals surface area contributed by atoms with E-state index in [4.69, 9.17) is 0 Å². The van der Waals surface area contributed by atoms with Crippen LogP contribution in [-0.2, 0) is 16.6 Å². The molecule has 0 bridgehead atoms. The summed E-state index contributed by atoms with van der Waals surface area (Å²) in [5.41, 5.74) is 0.922. The summed E-state index contributed by atoms with van der Waals surface area (Å²) in [6, 6.07) is 11.8. The molecule has 1 aromatic carbocycles. The maximum Gasteiger partial charge on any atom is 0.261 e. The van der Waals surface area contributed by atoms with E-state index in [0.717, 1.165) is 32.8 Å². The number of hydrogen-bond acceptors (Lipinski definition) is 5. The molecule has 0 N–H and O–H groups in total. The van der Waals surface area contributed by atoms with E-state index in [1.807, 2.05) is 41.8 Å². The van der Waals surface area contributed by atoms with E-state index in [1.54, 1.807) is 21.0 Å². The van der Waals surface area contributed by atoms with Gasteiger partial charge in [-0.15, -0.1) is 22.7 Å². The Morgan fingerprint density at radius 2 is 1.92 bits per heavy atom. The van der Waals surface area contributed by atoms with E-state index in [1.165, 1.54) is 11.3 Å². The third kappa shape index (κ3) is 3.73. The van der Waals surface area contributed by atoms with Crippen LogP contribution in [0.15, 0.2) is 56.7 Å². The minimum absolute atomic E-state index is 0.102. The van der Waals surface area contributed by atoms with Gasteiger partial charge in [-0.05, 0) is 36.4 Å². The van der Waals surface area contributed by atoms with Crippen LogP contribution >= 0.6 is 38.6 Å². The van der Waals surface area contributed by atoms with Crippen LogP contribution in [-0.4, -0.2) is 23.7 Å². The summed E-state index contributed by atoms with van der Waals surface area (Å²) in [6.07, 6.45) is 1.85. The number of halogens is 1. The van der Waals surface area contributed by atoms with E-state index < -0.39 is 10.0 Å². The Morgan fingerprint density at radius 1 is 1.16 bits per heavy atom. The molecule has 0 radical (unpaired) electrons. The minimum Gasteiger partial charge on any atom is -0.223 e. The molecule has 1 saturated carbocycles. The zero-order valence-corrected chi connectivity index (χ0v) is 17.2. The van der Waals surface area contributed by atoms with Crippen LogP contribution in [0.3, 0.4) is 0 Å². The third-order valence-corrected chi connectivity index (χ3v) is 8.21. The van der Waals surface area contributed by atoms with Gasteiger partial charge in [-0.2, -0.15) is 4.31 Å². The Labute approximate surface area is 163 Å². The van der Waals surface area contributed by atoms with Crippen molar-refractivity contribution in [1.82, 2.24) is 9.29 Å². The topological polar surface area (TPSA) is 50.3 Å². The van der Waals surface area contributed by atoms with Crippen LogP contribution in [0.25, 0.3) is 10.6 Å². The van der Waals surface area contributed by atoms with E-state index in [0.29, 0.717) is 6.54 Å². The Kier molecular flexibility index (Phi) is 4.81. The zero-order chi connectivity index (χ0) is 17.4. The standard InChI is InChI=1S/C17H15BrN2O2S3/c18-13-5-3-12(4-6-13)17-19-16(11-24-17)25(21,22)20(14-7-8-14)10-15-2-1-9-23-15/h1-6,9,11,14H,7-8,10H2. The first-order valence-electron chi connectivity index (χ1n) is 7.80. The summed E-state index contributed by atoms with van der Waals surface area (Å²) in [5.74, 6) is 0. The molecule has 2 heterocycles. The average Bonchev–Trinajstić information content (AvgIpc) is 3.10. The lowest BCUT2D eigenvalue weighted by Crippen LogP contribution is -2.32. The van der Waals surface area contributed by atoms with E-state index in [2.05, 4.69) is 20.9 Å². The molecule has 0 unspecified atom stereocenters. The molecule has 2 aromatic heterocycles. The fraction of sp³-hybridized carbons (Fsp3) is 0.235. The van der Waals surface area contributed by atoms with Crippen molar-refractivity contribution >= 4 is 48.6 Å². The number of sulfonamides is 1. The normalized spacial score (nSPS) is 15.0. The van der Waals surface area contributed by atoms with Crippen molar-refractivity contribution in [2.45, 2.75) is 30.5 Å². The van der Waals surface area contributed by atoms with Gasteiger partial charge in [0, 0.05) is 32.9 Å². The summed E-state index contributed by atoms with van der Waals surface area (Å²) in [7, 11) is -3.58. The van der Waals surface area contributed by atoms with Gasteiger partial charge in [0.05, 0.1) is 0 Å². The molecule has 0 atom stereocenters. The first-order chi connectivity index (χ1) is 12.0. The number of aromatic nitrogens is 1. The van der Waals surface area contributed by atoms with Gasteiger partial charge < -0.3 is 0 Å². The minimum atomic E-state index is -3.58. The molecule has 0 saturated heterocycles. The van der Waals surface area contributed by atoms with Crippen LogP contribution in [0.5, 0.6) is 0 Å². The molecule has 4 nitrogen and oxygen atoms in total. The summed E-state index contributed by atoms with van der Waals surface area (Å²) in [6.45, 7) is 0.426. The SMILES string of the molecule is O=S(=O)(c1csc(-c2ccc(Br)cc2)n1)N(Cc1cccs1)C1CC1. The van der Waals surface area contributed by atoms with Gasteiger partial charge in [0.15, 0.2) is 5.03 Å². The molecule has 1 fully saturated rings. The Hall–Kier alpha value is -1.06. The quantitative estimate of drug-likeness (QED) is 0.527. The first kappa shape index (κ1) is 17.4. The maximum atomic E-state index is 13.1. The van der Waals surface area contributed by atoms with Crippen molar-refractivity contribution in [3.05, 3.63) is 56.5 Å². The van der Waals surface area contributed by atoms with E-state index in [-0.39, 0.29) is 11.1 Å². The highest BCUT2D eigenvalue weighted by molar-refractivity contribution is 9.10. The highest BCUT2D eigenvalue weighted by atomic mass is 79.9. The molecular weight excluding hydrogens is 440 g/mol. The molecule has 25 heavy (non-hydrogen) atoms. The number of nitrogens with zero attached hydrogens (tertiary/aromatic N) is 2. The van der Waals surface area contributed by atoms with Crippen molar-refractivity contribution < 1.29 is 8.42 Å². The molecule has 0 spiro atoms. The van der Waals surface area contributed by atoms with Gasteiger partial charge in [0.25, 0.3) is 10.0 Å². The third-order valence-electron chi connectivity index (χ3n) is 3.99. The van der Waals surface area contributed by atoms with Crippen molar-refractivity contribution in [3.8, 4) is 10.6 Å². The molecular formula is C17H15BrN2O2S3. The number of thiazole rings is 1. The van der Waals surface area contributed by atoms with Gasteiger partial charge in [0.1, 0.15) is 5.01 Å². The molecule has 8 heteroatoms. The molecule has 0 amide bonds. The molecule has 130 valence electrons. The van der Waals surface area contributed by atoms with Crippen LogP contribution in [0, 0.1) is 0 Å². The largest absolute Gasteiger partial charge is 0.261 e. The first-order valence-corrected chi connectivity index (χ1v) is 11.8. The number of benzene rings is 1. The van der Waals surface area contributed by atoms with Gasteiger partial charge in [-0.25, -0.2) is 13.4 Å². The molecule has 4 rings (SSSR count). The highest BCUT2D eigenvalue weighted by Crippen LogP contribution is 2.35. The number of thiophene rings is 1. The Morgan fingerprint density at radius 3 is 2.56 bits per heavy atom. The number of rotatable bonds is 6. The fourth-order valence-electron chi connectivity index (χ4n) is 2.55. The molecule has 0 aliphatic heterocycles. The van der Waals surface area contributed by atoms with Crippen molar-refractivity contribution in [3.63, 3.8) is 0 Å². The Bertz CT molecular complexity index is 962. The summed E-state index contributed by atoms with van der Waals surface area (Å²) >= 11 is 6.35. The van der Waals surface area contributed by atoms with Crippen LogP contribution in [0.1, 0.15) is 17.7 Å². The van der Waals surface area contributed by atoms with Crippen molar-refractivity contribution in [2.24, 2.45) is 0 Å². The monoisotopic (exact) mass is 454 g/mol. The van der Waals surface area contributed by atoms with E-state index >= 15 is 0 Å². The average molecular weight is 455 g/mol. The molecule has 1 aliphatic carbocycles. The smallest absolute Gasteiger partial charge is 0.223 e. The summed E-state index contributed by atoms with van der Waals surface area (Å²) < 4.78 is 28.8. The summed E-state index contributed by atoms with van der Waals surface area (Å²) in [4.78, 5) is 5.47. The van der Waals surface area contributed by atoms with Crippen molar-refractivity contribution in [2.75, 3.05) is 0 Å². The lowest BCUT2D eigenvalue weighted by atomic mass is 10.2. The predicted octanol–water partition coefficient (Wildman–Crippen LogP) is 4.99. The lowest BCUT2D eigenvalue weighted by Gasteiger charge is -2.19. The fourth-order valence-corrected chi connectivity index (χ4v) is 6.34. The highest BCUT2D eigenvalue weighted by Gasteiger charge is 2.39. The van der Waals surface area contributed by atoms with Gasteiger partial charge in [0.2, 0.25) is 0 Å². The molecule has 1 aliphatic rings. The van der Waals surface area contributed by atoms with E-state index in [9.17, 15) is 8.42 Å². The van der Waals surface area contributed by atoms with Gasteiger partial charge >= 0.3 is 0 Å².